The summed E-state index contributed by atoms with van der Waals surface area (Å²) in [7, 11) is 0. The highest BCUT2D eigenvalue weighted by molar-refractivity contribution is 6.36. The van der Waals surface area contributed by atoms with Crippen molar-refractivity contribution >= 4 is 23.2 Å². The molecule has 0 aliphatic rings. The smallest absolute Gasteiger partial charge is 0.253 e. The fourth-order valence-electron chi connectivity index (χ4n) is 1.31. The molecule has 1 rings (SSSR count). The molecule has 0 saturated heterocycles. The first kappa shape index (κ1) is 13.8. The molecule has 4 nitrogen and oxygen atoms in total. The molecular formula is C12H17ClN2O2. The van der Waals surface area contributed by atoms with Crippen LogP contribution >= 0.6 is 11.6 Å². The number of nitrogens with two attached hydrogens (primary N) is 1. The fraction of sp³-hybridized carbons (Fsp3) is 0.417. The molecule has 0 bridgehead atoms. The number of aliphatic hydroxyl groups excluding tert-OH is 1. The summed E-state index contributed by atoms with van der Waals surface area (Å²) in [5, 5.41) is 12.2. The van der Waals surface area contributed by atoms with Crippen molar-refractivity contribution in [3.8, 4) is 0 Å². The van der Waals surface area contributed by atoms with E-state index in [4.69, 9.17) is 17.3 Å². The Hall–Kier alpha value is -1.26. The second kappa shape index (κ2) is 5.38. The molecule has 17 heavy (non-hydrogen) atoms. The monoisotopic (exact) mass is 256 g/mol. The topological polar surface area (TPSA) is 75.3 Å². The molecule has 1 aromatic rings. The van der Waals surface area contributed by atoms with Crippen LogP contribution in [0.3, 0.4) is 0 Å². The molecule has 1 amide bonds. The zero-order chi connectivity index (χ0) is 13.1. The van der Waals surface area contributed by atoms with E-state index in [1.807, 2.05) is 6.92 Å². The van der Waals surface area contributed by atoms with Gasteiger partial charge in [-0.25, -0.2) is 0 Å². The van der Waals surface area contributed by atoms with E-state index in [0.717, 1.165) is 0 Å². The predicted octanol–water partition coefficient (Wildman–Crippen LogP) is 1.81. The van der Waals surface area contributed by atoms with E-state index in [2.05, 4.69) is 5.32 Å². The van der Waals surface area contributed by atoms with Crippen LogP contribution in [0.2, 0.25) is 5.02 Å². The average molecular weight is 257 g/mol. The van der Waals surface area contributed by atoms with Gasteiger partial charge in [0.15, 0.2) is 0 Å². The number of benzene rings is 1. The molecule has 0 aromatic heterocycles. The molecule has 0 saturated carbocycles. The summed E-state index contributed by atoms with van der Waals surface area (Å²) >= 11 is 5.95. The molecule has 0 spiro atoms. The van der Waals surface area contributed by atoms with Crippen molar-refractivity contribution in [2.24, 2.45) is 0 Å². The van der Waals surface area contributed by atoms with Crippen LogP contribution in [0.15, 0.2) is 18.2 Å². The summed E-state index contributed by atoms with van der Waals surface area (Å²) in [5.41, 5.74) is 5.66. The minimum Gasteiger partial charge on any atom is -0.398 e. The van der Waals surface area contributed by atoms with Crippen LogP contribution in [0.25, 0.3) is 0 Å². The molecular weight excluding hydrogens is 240 g/mol. The Morgan fingerprint density at radius 1 is 1.59 bits per heavy atom. The highest BCUT2D eigenvalue weighted by Crippen LogP contribution is 2.23. The number of nitrogens with one attached hydrogen (secondary N) is 1. The summed E-state index contributed by atoms with van der Waals surface area (Å²) < 4.78 is 0. The zero-order valence-corrected chi connectivity index (χ0v) is 10.7. The van der Waals surface area contributed by atoms with Crippen LogP contribution in [-0.4, -0.2) is 23.2 Å². The first-order valence-corrected chi connectivity index (χ1v) is 5.78. The summed E-state index contributed by atoms with van der Waals surface area (Å²) in [6, 6.07) is 4.89. The van der Waals surface area contributed by atoms with E-state index < -0.39 is 5.54 Å². The zero-order valence-electron chi connectivity index (χ0n) is 9.96. The minimum absolute atomic E-state index is 0.130. The van der Waals surface area contributed by atoms with Gasteiger partial charge in [0, 0.05) is 0 Å². The van der Waals surface area contributed by atoms with Crippen molar-refractivity contribution in [1.82, 2.24) is 5.32 Å². The summed E-state index contributed by atoms with van der Waals surface area (Å²) in [6.45, 7) is 3.53. The third kappa shape index (κ3) is 3.11. The number of aliphatic hydroxyl groups is 1. The van der Waals surface area contributed by atoms with Gasteiger partial charge in [-0.05, 0) is 25.5 Å². The number of nitrogen functional groups attached to an aromatic ring is 1. The Morgan fingerprint density at radius 3 is 2.76 bits per heavy atom. The van der Waals surface area contributed by atoms with Crippen molar-refractivity contribution in [3.05, 3.63) is 28.8 Å². The number of amides is 1. The molecule has 1 aromatic carbocycles. The summed E-state index contributed by atoms with van der Waals surface area (Å²) in [4.78, 5) is 12.0. The van der Waals surface area contributed by atoms with Crippen molar-refractivity contribution < 1.29 is 9.90 Å². The van der Waals surface area contributed by atoms with Gasteiger partial charge in [-0.2, -0.15) is 0 Å². The van der Waals surface area contributed by atoms with Crippen LogP contribution < -0.4 is 11.1 Å². The summed E-state index contributed by atoms with van der Waals surface area (Å²) in [5.74, 6) is -0.333. The second-order valence-electron chi connectivity index (χ2n) is 4.24. The maximum atomic E-state index is 12.0. The van der Waals surface area contributed by atoms with Gasteiger partial charge in [-0.15, -0.1) is 0 Å². The van der Waals surface area contributed by atoms with Gasteiger partial charge in [0.25, 0.3) is 5.91 Å². The normalized spacial score (nSPS) is 14.1. The van der Waals surface area contributed by atoms with Gasteiger partial charge in [0.05, 0.1) is 28.4 Å². The van der Waals surface area contributed by atoms with Gasteiger partial charge in [-0.1, -0.05) is 24.6 Å². The maximum Gasteiger partial charge on any atom is 0.253 e. The van der Waals surface area contributed by atoms with Gasteiger partial charge in [0.2, 0.25) is 0 Å². The molecule has 0 fully saturated rings. The SMILES string of the molecule is CCC(C)(CO)NC(=O)c1cccc(N)c1Cl. The van der Waals surface area contributed by atoms with Crippen LogP contribution in [-0.2, 0) is 0 Å². The molecule has 0 aliphatic carbocycles. The first-order valence-electron chi connectivity index (χ1n) is 5.41. The molecule has 1 unspecified atom stereocenters. The van der Waals surface area contributed by atoms with E-state index in [9.17, 15) is 9.90 Å². The van der Waals surface area contributed by atoms with Crippen LogP contribution in [0.4, 0.5) is 5.69 Å². The van der Waals surface area contributed by atoms with Crippen molar-refractivity contribution in [1.29, 1.82) is 0 Å². The van der Waals surface area contributed by atoms with Gasteiger partial charge in [0.1, 0.15) is 0 Å². The third-order valence-electron chi connectivity index (χ3n) is 2.82. The highest BCUT2D eigenvalue weighted by Gasteiger charge is 2.25. The van der Waals surface area contributed by atoms with E-state index in [1.54, 1.807) is 25.1 Å². The van der Waals surface area contributed by atoms with Crippen LogP contribution in [0.1, 0.15) is 30.6 Å². The number of hydrogen-bond acceptors (Lipinski definition) is 3. The lowest BCUT2D eigenvalue weighted by Crippen LogP contribution is -2.48. The first-order chi connectivity index (χ1) is 7.93. The Bertz CT molecular complexity index is 417. The predicted molar refractivity (Wildman–Crippen MR) is 69.1 cm³/mol. The van der Waals surface area contributed by atoms with Crippen LogP contribution in [0, 0.1) is 0 Å². The fourth-order valence-corrected chi connectivity index (χ4v) is 1.52. The molecule has 94 valence electrons. The Morgan fingerprint density at radius 2 is 2.24 bits per heavy atom. The van der Waals surface area contributed by atoms with Gasteiger partial charge in [-0.3, -0.25) is 4.79 Å². The van der Waals surface area contributed by atoms with E-state index in [-0.39, 0.29) is 17.5 Å². The van der Waals surface area contributed by atoms with Gasteiger partial charge >= 0.3 is 0 Å². The average Bonchev–Trinajstić information content (AvgIpc) is 2.32. The van der Waals surface area contributed by atoms with E-state index in [0.29, 0.717) is 17.7 Å². The lowest BCUT2D eigenvalue weighted by Gasteiger charge is -2.27. The van der Waals surface area contributed by atoms with Crippen LogP contribution in [0.5, 0.6) is 0 Å². The highest BCUT2D eigenvalue weighted by atomic mass is 35.5. The molecule has 5 heteroatoms. The Kier molecular flexibility index (Phi) is 4.37. The Labute approximate surface area is 106 Å². The quantitative estimate of drug-likeness (QED) is 0.720. The minimum atomic E-state index is -0.648. The number of anilines is 1. The molecule has 0 radical (unpaired) electrons. The molecule has 4 N–H and O–H groups in total. The number of rotatable bonds is 4. The van der Waals surface area contributed by atoms with Gasteiger partial charge < -0.3 is 16.2 Å². The third-order valence-corrected chi connectivity index (χ3v) is 3.24. The van der Waals surface area contributed by atoms with Crippen molar-refractivity contribution in [3.63, 3.8) is 0 Å². The second-order valence-corrected chi connectivity index (χ2v) is 4.61. The largest absolute Gasteiger partial charge is 0.398 e. The van der Waals surface area contributed by atoms with Crippen molar-refractivity contribution in [2.75, 3.05) is 12.3 Å². The van der Waals surface area contributed by atoms with E-state index >= 15 is 0 Å². The lowest BCUT2D eigenvalue weighted by molar-refractivity contribution is 0.0847. The number of carbonyl (C=O) groups is 1. The standard InChI is InChI=1S/C12H17ClN2O2/c1-3-12(2,7-16)15-11(17)8-5-4-6-9(14)10(8)13/h4-6,16H,3,7,14H2,1-2H3,(H,15,17). The van der Waals surface area contributed by atoms with Crippen molar-refractivity contribution in [2.45, 2.75) is 25.8 Å². The lowest BCUT2D eigenvalue weighted by atomic mass is 9.99. The molecule has 0 heterocycles. The number of hydrogen-bond donors (Lipinski definition) is 3. The molecule has 1 atom stereocenters. The summed E-state index contributed by atoms with van der Waals surface area (Å²) in [6.07, 6.45) is 0.620. The van der Waals surface area contributed by atoms with E-state index in [1.165, 1.54) is 0 Å². The number of halogens is 1. The molecule has 0 aliphatic heterocycles. The number of carbonyl (C=O) groups excluding carboxylic acids is 1. The Balaban J connectivity index is 2.94. The maximum absolute atomic E-state index is 12.0.